The van der Waals surface area contributed by atoms with E-state index in [1.54, 1.807) is 68.8 Å². The van der Waals surface area contributed by atoms with Crippen LogP contribution < -0.4 is 10.3 Å². The minimum absolute atomic E-state index is 0.0297. The Morgan fingerprint density at radius 2 is 1.90 bits per heavy atom. The number of fused-ring (bicyclic) bond motifs is 1. The molecular formula is C23H22N2O5S. The van der Waals surface area contributed by atoms with E-state index in [9.17, 15) is 18.3 Å². The number of rotatable bonds is 6. The zero-order valence-corrected chi connectivity index (χ0v) is 17.9. The molecule has 0 saturated heterocycles. The van der Waals surface area contributed by atoms with Gasteiger partial charge in [0, 0.05) is 36.0 Å². The molecule has 0 atom stereocenters. The minimum atomic E-state index is -3.45. The Bertz CT molecular complexity index is 1430. The lowest BCUT2D eigenvalue weighted by Gasteiger charge is -2.15. The van der Waals surface area contributed by atoms with Crippen molar-refractivity contribution >= 4 is 20.7 Å². The van der Waals surface area contributed by atoms with Crippen LogP contribution in [-0.4, -0.2) is 28.8 Å². The maximum atomic E-state index is 12.5. The normalized spacial score (nSPS) is 11.7. The number of aromatic amines is 1. The van der Waals surface area contributed by atoms with Crippen molar-refractivity contribution in [3.8, 4) is 22.6 Å². The summed E-state index contributed by atoms with van der Waals surface area (Å²) in [6, 6.07) is 13.5. The van der Waals surface area contributed by atoms with Gasteiger partial charge in [-0.2, -0.15) is 0 Å². The molecule has 0 amide bonds. The number of pyridine rings is 1. The molecule has 2 aromatic carbocycles. The van der Waals surface area contributed by atoms with E-state index >= 15 is 0 Å². The number of aryl methyl sites for hydroxylation is 1. The van der Waals surface area contributed by atoms with Crippen LogP contribution in [0.3, 0.4) is 0 Å². The Morgan fingerprint density at radius 1 is 1.10 bits per heavy atom. The maximum absolute atomic E-state index is 12.5. The number of hydrogen-bond acceptors (Lipinski definition) is 5. The van der Waals surface area contributed by atoms with E-state index in [1.807, 2.05) is 0 Å². The molecule has 0 aliphatic rings. The van der Waals surface area contributed by atoms with Crippen molar-refractivity contribution < 1.29 is 18.3 Å². The van der Waals surface area contributed by atoms with Crippen LogP contribution in [0.4, 0.5) is 0 Å². The topological polar surface area (TPSA) is 101 Å². The number of ether oxygens (including phenoxy) is 1. The lowest BCUT2D eigenvalue weighted by Crippen LogP contribution is -2.16. The number of nitrogens with zero attached hydrogens (tertiary/aromatic N) is 1. The van der Waals surface area contributed by atoms with Gasteiger partial charge in [-0.25, -0.2) is 8.42 Å². The number of benzene rings is 2. The summed E-state index contributed by atoms with van der Waals surface area (Å²) in [7, 11) is -1.81. The number of H-pyrrole nitrogens is 1. The highest BCUT2D eigenvalue weighted by Gasteiger charge is 2.19. The number of hydrogen-bond donors (Lipinski definition) is 2. The van der Waals surface area contributed by atoms with Crippen LogP contribution in [0.25, 0.3) is 22.0 Å². The molecule has 160 valence electrons. The summed E-state index contributed by atoms with van der Waals surface area (Å²) < 4.78 is 32.6. The van der Waals surface area contributed by atoms with Crippen LogP contribution in [0, 0.1) is 0 Å². The molecule has 0 unspecified atom stereocenters. The first-order valence-corrected chi connectivity index (χ1v) is 11.4. The van der Waals surface area contributed by atoms with Gasteiger partial charge in [-0.1, -0.05) is 19.1 Å². The van der Waals surface area contributed by atoms with Crippen molar-refractivity contribution in [2.45, 2.75) is 18.4 Å². The lowest BCUT2D eigenvalue weighted by atomic mass is 10.0. The largest absolute Gasteiger partial charge is 0.457 e. The fourth-order valence-electron chi connectivity index (χ4n) is 3.49. The molecule has 4 rings (SSSR count). The average molecular weight is 439 g/mol. The molecule has 0 aliphatic heterocycles. The Balaban J connectivity index is 1.96. The molecule has 2 heterocycles. The van der Waals surface area contributed by atoms with E-state index in [1.165, 1.54) is 10.6 Å². The molecule has 2 N–H and O–H groups in total. The Morgan fingerprint density at radius 3 is 2.65 bits per heavy atom. The van der Waals surface area contributed by atoms with Gasteiger partial charge in [-0.05, 0) is 42.0 Å². The molecule has 8 heteroatoms. The highest BCUT2D eigenvalue weighted by Crippen LogP contribution is 2.38. The van der Waals surface area contributed by atoms with Gasteiger partial charge in [0.25, 0.3) is 5.56 Å². The van der Waals surface area contributed by atoms with Gasteiger partial charge in [0.05, 0.1) is 17.3 Å². The van der Waals surface area contributed by atoms with Crippen molar-refractivity contribution in [3.05, 3.63) is 76.8 Å². The molecule has 0 bridgehead atoms. The molecule has 31 heavy (non-hydrogen) atoms. The second-order valence-electron chi connectivity index (χ2n) is 7.19. The smallest absolute Gasteiger partial charge is 0.274 e. The van der Waals surface area contributed by atoms with Crippen molar-refractivity contribution in [1.82, 2.24) is 9.55 Å². The van der Waals surface area contributed by atoms with E-state index in [4.69, 9.17) is 4.74 Å². The summed E-state index contributed by atoms with van der Waals surface area (Å²) in [6.07, 6.45) is 3.35. The van der Waals surface area contributed by atoms with Gasteiger partial charge in [0.15, 0.2) is 9.84 Å². The van der Waals surface area contributed by atoms with Crippen LogP contribution >= 0.6 is 0 Å². The van der Waals surface area contributed by atoms with Crippen molar-refractivity contribution in [1.29, 1.82) is 0 Å². The monoisotopic (exact) mass is 438 g/mol. The first kappa shape index (κ1) is 20.9. The van der Waals surface area contributed by atoms with E-state index < -0.39 is 9.84 Å². The number of aliphatic hydroxyl groups excluding tert-OH is 1. The van der Waals surface area contributed by atoms with E-state index in [2.05, 4.69) is 4.98 Å². The second kappa shape index (κ2) is 8.05. The summed E-state index contributed by atoms with van der Waals surface area (Å²) in [5, 5.41) is 10.1. The van der Waals surface area contributed by atoms with Crippen LogP contribution in [0.2, 0.25) is 0 Å². The van der Waals surface area contributed by atoms with Gasteiger partial charge in [0.1, 0.15) is 17.0 Å². The highest BCUT2D eigenvalue weighted by molar-refractivity contribution is 7.91. The van der Waals surface area contributed by atoms with Crippen LogP contribution in [0.15, 0.2) is 70.6 Å². The molecule has 7 nitrogen and oxygen atoms in total. The van der Waals surface area contributed by atoms with Crippen LogP contribution in [0.5, 0.6) is 11.5 Å². The maximum Gasteiger partial charge on any atom is 0.274 e. The van der Waals surface area contributed by atoms with E-state index in [-0.39, 0.29) is 22.8 Å². The van der Waals surface area contributed by atoms with Crippen molar-refractivity contribution in [2.75, 3.05) is 5.75 Å². The number of aliphatic hydroxyl groups is 1. The average Bonchev–Trinajstić information content (AvgIpc) is 3.27. The van der Waals surface area contributed by atoms with Gasteiger partial charge in [0.2, 0.25) is 0 Å². The van der Waals surface area contributed by atoms with Gasteiger partial charge in [-0.3, -0.25) is 4.79 Å². The van der Waals surface area contributed by atoms with E-state index in [0.717, 1.165) is 0 Å². The molecule has 0 saturated carbocycles. The molecule has 0 aliphatic carbocycles. The first-order valence-electron chi connectivity index (χ1n) is 9.75. The third-order valence-corrected chi connectivity index (χ3v) is 6.92. The fourth-order valence-corrected chi connectivity index (χ4v) is 4.39. The van der Waals surface area contributed by atoms with Crippen LogP contribution in [0.1, 0.15) is 12.5 Å². The molecular weight excluding hydrogens is 416 g/mol. The van der Waals surface area contributed by atoms with Crippen molar-refractivity contribution in [2.24, 2.45) is 7.05 Å². The Labute approximate surface area is 179 Å². The zero-order chi connectivity index (χ0) is 22.2. The minimum Gasteiger partial charge on any atom is -0.457 e. The van der Waals surface area contributed by atoms with Crippen molar-refractivity contribution in [3.63, 3.8) is 0 Å². The van der Waals surface area contributed by atoms with Crippen LogP contribution in [-0.2, 0) is 23.5 Å². The number of aromatic nitrogens is 2. The Hall–Kier alpha value is -3.36. The highest BCUT2D eigenvalue weighted by atomic mass is 32.2. The van der Waals surface area contributed by atoms with Gasteiger partial charge in [-0.15, -0.1) is 0 Å². The number of sulfone groups is 1. The molecule has 4 aromatic rings. The predicted molar refractivity (Wildman–Crippen MR) is 119 cm³/mol. The molecule has 0 spiro atoms. The zero-order valence-electron chi connectivity index (χ0n) is 17.1. The quantitative estimate of drug-likeness (QED) is 0.479. The SMILES string of the molecule is CCS(=O)(=O)c1ccc(Oc2cccc(CO)c2)c(-c2cn(C)c(=O)c3[nH]ccc23)c1. The molecule has 0 fully saturated rings. The summed E-state index contributed by atoms with van der Waals surface area (Å²) in [5.74, 6) is 0.915. The first-order chi connectivity index (χ1) is 14.8. The summed E-state index contributed by atoms with van der Waals surface area (Å²) in [4.78, 5) is 15.6. The third-order valence-electron chi connectivity index (χ3n) is 5.18. The Kier molecular flexibility index (Phi) is 5.43. The molecule has 0 radical (unpaired) electrons. The van der Waals surface area contributed by atoms with Gasteiger partial charge >= 0.3 is 0 Å². The fraction of sp³-hybridized carbons (Fsp3) is 0.174. The number of nitrogens with one attached hydrogen (secondary N) is 1. The standard InChI is InChI=1S/C23H22N2O5S/c1-3-31(28,29)17-7-8-21(30-16-6-4-5-15(11-16)14-26)19(12-17)20-13-25(2)23(27)22-18(20)9-10-24-22/h4-13,24,26H,3,14H2,1-2H3. The lowest BCUT2D eigenvalue weighted by molar-refractivity contribution is 0.281. The van der Waals surface area contributed by atoms with Gasteiger partial charge < -0.3 is 19.4 Å². The summed E-state index contributed by atoms with van der Waals surface area (Å²) in [5.41, 5.74) is 2.15. The summed E-state index contributed by atoms with van der Waals surface area (Å²) >= 11 is 0. The summed E-state index contributed by atoms with van der Waals surface area (Å²) in [6.45, 7) is 1.47. The molecule has 2 aromatic heterocycles. The van der Waals surface area contributed by atoms with E-state index in [0.29, 0.717) is 39.1 Å². The third kappa shape index (κ3) is 3.87. The predicted octanol–water partition coefficient (Wildman–Crippen LogP) is 3.61. The second-order valence-corrected chi connectivity index (χ2v) is 9.47.